The Morgan fingerprint density at radius 2 is 1.79 bits per heavy atom. The van der Waals surface area contributed by atoms with E-state index in [4.69, 9.17) is 23.2 Å². The Kier molecular flexibility index (Phi) is 5.53. The molecule has 1 aromatic heterocycles. The zero-order valence-electron chi connectivity index (χ0n) is 13.1. The van der Waals surface area contributed by atoms with Gasteiger partial charge in [0.05, 0.1) is 28.1 Å². The minimum absolute atomic E-state index is 0.240. The third-order valence-corrected chi connectivity index (χ3v) is 4.82. The van der Waals surface area contributed by atoms with Gasteiger partial charge >= 0.3 is 0 Å². The van der Waals surface area contributed by atoms with Crippen LogP contribution >= 0.6 is 23.2 Å². The van der Waals surface area contributed by atoms with Gasteiger partial charge in [-0.2, -0.15) is 0 Å². The number of aromatic nitrogens is 2. The van der Waals surface area contributed by atoms with Crippen molar-refractivity contribution in [3.8, 4) is 0 Å². The Hall–Kier alpha value is -1.85. The van der Waals surface area contributed by atoms with Crippen LogP contribution in [0.2, 0.25) is 10.0 Å². The van der Waals surface area contributed by atoms with Gasteiger partial charge in [0, 0.05) is 13.1 Å². The van der Waals surface area contributed by atoms with Crippen LogP contribution in [0.5, 0.6) is 0 Å². The topological polar surface area (TPSA) is 58.1 Å². The van der Waals surface area contributed by atoms with E-state index in [0.717, 1.165) is 31.7 Å². The molecule has 1 aromatic carbocycles. The van der Waals surface area contributed by atoms with E-state index in [-0.39, 0.29) is 11.6 Å². The monoisotopic (exact) mass is 364 g/mol. The van der Waals surface area contributed by atoms with Crippen molar-refractivity contribution in [2.24, 2.45) is 0 Å². The summed E-state index contributed by atoms with van der Waals surface area (Å²) in [5, 5.41) is 3.40. The summed E-state index contributed by atoms with van der Waals surface area (Å²) in [6, 6.07) is 5.07. The van der Waals surface area contributed by atoms with Crippen molar-refractivity contribution in [1.29, 1.82) is 0 Å². The quantitative estimate of drug-likeness (QED) is 0.875. The number of carbonyl (C=O) groups is 1. The molecule has 1 aliphatic heterocycles. The largest absolute Gasteiger partial charge is 0.355 e. The zero-order chi connectivity index (χ0) is 16.9. The average molecular weight is 365 g/mol. The molecular formula is C17H18Cl2N4O. The number of carbonyl (C=O) groups excluding carboxylic acids is 1. The van der Waals surface area contributed by atoms with Crippen LogP contribution in [-0.4, -0.2) is 29.0 Å². The number of hydrogen-bond acceptors (Lipinski definition) is 4. The van der Waals surface area contributed by atoms with E-state index >= 15 is 0 Å². The highest BCUT2D eigenvalue weighted by Gasteiger charge is 2.15. The van der Waals surface area contributed by atoms with E-state index in [1.54, 1.807) is 24.4 Å². The SMILES string of the molecule is O=C(Nc1cccc(Cl)c1Cl)c1cnc(N2CCCCCC2)cn1. The van der Waals surface area contributed by atoms with Gasteiger partial charge < -0.3 is 10.2 Å². The maximum Gasteiger partial charge on any atom is 0.275 e. The predicted octanol–water partition coefficient (Wildman–Crippen LogP) is 4.42. The highest BCUT2D eigenvalue weighted by atomic mass is 35.5. The fourth-order valence-electron chi connectivity index (χ4n) is 2.69. The van der Waals surface area contributed by atoms with Crippen molar-refractivity contribution in [2.45, 2.75) is 25.7 Å². The first-order valence-corrected chi connectivity index (χ1v) is 8.73. The third kappa shape index (κ3) is 3.97. The molecule has 0 atom stereocenters. The molecule has 1 saturated heterocycles. The molecule has 0 saturated carbocycles. The number of hydrogen-bond donors (Lipinski definition) is 1. The molecule has 1 fully saturated rings. The normalized spacial score (nSPS) is 15.0. The van der Waals surface area contributed by atoms with E-state index < -0.39 is 0 Å². The Morgan fingerprint density at radius 1 is 1.04 bits per heavy atom. The van der Waals surface area contributed by atoms with Gasteiger partial charge in [0.2, 0.25) is 0 Å². The molecule has 7 heteroatoms. The van der Waals surface area contributed by atoms with Gasteiger partial charge in [-0.1, -0.05) is 42.1 Å². The molecule has 0 bridgehead atoms. The summed E-state index contributed by atoms with van der Waals surface area (Å²) in [7, 11) is 0. The third-order valence-electron chi connectivity index (χ3n) is 4.00. The van der Waals surface area contributed by atoms with Crippen LogP contribution in [0, 0.1) is 0 Å². The molecule has 1 N–H and O–H groups in total. The van der Waals surface area contributed by atoms with Crippen LogP contribution in [0.3, 0.4) is 0 Å². The summed E-state index contributed by atoms with van der Waals surface area (Å²) in [5.74, 6) is 0.448. The molecule has 24 heavy (non-hydrogen) atoms. The second-order valence-electron chi connectivity index (χ2n) is 5.72. The Balaban J connectivity index is 1.70. The molecule has 2 aromatic rings. The molecule has 0 radical (unpaired) electrons. The second-order valence-corrected chi connectivity index (χ2v) is 6.50. The smallest absolute Gasteiger partial charge is 0.275 e. The molecule has 3 rings (SSSR count). The highest BCUT2D eigenvalue weighted by molar-refractivity contribution is 6.44. The van der Waals surface area contributed by atoms with Crippen molar-refractivity contribution < 1.29 is 4.79 Å². The van der Waals surface area contributed by atoms with E-state index in [1.807, 2.05) is 0 Å². The Bertz CT molecular complexity index is 713. The van der Waals surface area contributed by atoms with Crippen LogP contribution in [0.4, 0.5) is 11.5 Å². The van der Waals surface area contributed by atoms with Crippen LogP contribution < -0.4 is 10.2 Å². The van der Waals surface area contributed by atoms with Gasteiger partial charge in [-0.05, 0) is 25.0 Å². The van der Waals surface area contributed by atoms with Gasteiger partial charge in [0.15, 0.2) is 0 Å². The lowest BCUT2D eigenvalue weighted by atomic mass is 10.2. The van der Waals surface area contributed by atoms with E-state index in [1.165, 1.54) is 19.0 Å². The summed E-state index contributed by atoms with van der Waals surface area (Å²) in [5.41, 5.74) is 0.692. The first-order chi connectivity index (χ1) is 11.6. The van der Waals surface area contributed by atoms with Crippen LogP contribution in [0.15, 0.2) is 30.6 Å². The highest BCUT2D eigenvalue weighted by Crippen LogP contribution is 2.29. The van der Waals surface area contributed by atoms with Crippen LogP contribution in [0.1, 0.15) is 36.2 Å². The number of nitrogens with zero attached hydrogens (tertiary/aromatic N) is 3. The predicted molar refractivity (Wildman–Crippen MR) is 97.1 cm³/mol. The molecule has 1 amide bonds. The maximum absolute atomic E-state index is 12.3. The maximum atomic E-state index is 12.3. The van der Waals surface area contributed by atoms with E-state index in [9.17, 15) is 4.79 Å². The molecular weight excluding hydrogens is 347 g/mol. The van der Waals surface area contributed by atoms with Crippen molar-refractivity contribution in [3.05, 3.63) is 46.3 Å². The van der Waals surface area contributed by atoms with Gasteiger partial charge in [-0.15, -0.1) is 0 Å². The van der Waals surface area contributed by atoms with Gasteiger partial charge in [0.1, 0.15) is 11.5 Å². The summed E-state index contributed by atoms with van der Waals surface area (Å²) in [4.78, 5) is 23.1. The number of halogens is 2. The number of nitrogens with one attached hydrogen (secondary N) is 1. The average Bonchev–Trinajstić information content (AvgIpc) is 2.88. The molecule has 126 valence electrons. The lowest BCUT2D eigenvalue weighted by Crippen LogP contribution is -2.25. The number of amides is 1. The van der Waals surface area contributed by atoms with Crippen LogP contribution in [0.25, 0.3) is 0 Å². The molecule has 0 aliphatic carbocycles. The zero-order valence-corrected chi connectivity index (χ0v) is 14.6. The number of rotatable bonds is 3. The van der Waals surface area contributed by atoms with Gasteiger partial charge in [-0.25, -0.2) is 9.97 Å². The Labute approximate surface area is 151 Å². The number of benzene rings is 1. The van der Waals surface area contributed by atoms with E-state index in [0.29, 0.717) is 15.7 Å². The lowest BCUT2D eigenvalue weighted by molar-refractivity contribution is 0.102. The molecule has 5 nitrogen and oxygen atoms in total. The van der Waals surface area contributed by atoms with Crippen molar-refractivity contribution in [2.75, 3.05) is 23.3 Å². The minimum Gasteiger partial charge on any atom is -0.355 e. The van der Waals surface area contributed by atoms with Crippen molar-refractivity contribution >= 4 is 40.6 Å². The van der Waals surface area contributed by atoms with E-state index in [2.05, 4.69) is 20.2 Å². The molecule has 0 unspecified atom stereocenters. The first-order valence-electron chi connectivity index (χ1n) is 7.97. The number of anilines is 2. The molecule has 0 spiro atoms. The summed E-state index contributed by atoms with van der Waals surface area (Å²) in [6.07, 6.45) is 7.98. The summed E-state index contributed by atoms with van der Waals surface area (Å²) < 4.78 is 0. The van der Waals surface area contributed by atoms with Crippen molar-refractivity contribution in [3.63, 3.8) is 0 Å². The van der Waals surface area contributed by atoms with Crippen molar-refractivity contribution in [1.82, 2.24) is 9.97 Å². The fourth-order valence-corrected chi connectivity index (χ4v) is 3.04. The molecule has 1 aliphatic rings. The van der Waals surface area contributed by atoms with Gasteiger partial charge in [-0.3, -0.25) is 4.79 Å². The second kappa shape index (κ2) is 7.81. The standard InChI is InChI=1S/C17H18Cl2N4O/c18-12-6-5-7-13(16(12)19)22-17(24)14-10-21-15(11-20-14)23-8-3-1-2-4-9-23/h5-7,10-11H,1-4,8-9H2,(H,22,24). The summed E-state index contributed by atoms with van der Waals surface area (Å²) in [6.45, 7) is 1.97. The lowest BCUT2D eigenvalue weighted by Gasteiger charge is -2.20. The van der Waals surface area contributed by atoms with Crippen LogP contribution in [-0.2, 0) is 0 Å². The fraction of sp³-hybridized carbons (Fsp3) is 0.353. The van der Waals surface area contributed by atoms with Gasteiger partial charge in [0.25, 0.3) is 5.91 Å². The first kappa shape index (κ1) is 17.0. The summed E-state index contributed by atoms with van der Waals surface area (Å²) >= 11 is 12.0. The Morgan fingerprint density at radius 3 is 2.46 bits per heavy atom. The minimum atomic E-state index is -0.367. The molecule has 2 heterocycles.